The highest BCUT2D eigenvalue weighted by Gasteiger charge is 2.09. The van der Waals surface area contributed by atoms with Crippen molar-refractivity contribution in [3.8, 4) is 0 Å². The van der Waals surface area contributed by atoms with E-state index in [2.05, 4.69) is 15.5 Å². The lowest BCUT2D eigenvalue weighted by Gasteiger charge is -2.08. The van der Waals surface area contributed by atoms with Gasteiger partial charge in [-0.1, -0.05) is 11.6 Å². The van der Waals surface area contributed by atoms with E-state index in [9.17, 15) is 10.1 Å². The molecule has 0 amide bonds. The summed E-state index contributed by atoms with van der Waals surface area (Å²) in [6, 6.07) is 10.2. The van der Waals surface area contributed by atoms with Crippen LogP contribution < -0.4 is 5.32 Å². The monoisotopic (exact) mass is 302 g/mol. The summed E-state index contributed by atoms with van der Waals surface area (Å²) in [5.74, 6) is 0. The van der Waals surface area contributed by atoms with Gasteiger partial charge < -0.3 is 5.32 Å². The summed E-state index contributed by atoms with van der Waals surface area (Å²) in [7, 11) is 0. The van der Waals surface area contributed by atoms with E-state index in [1.54, 1.807) is 6.20 Å². The average Bonchev–Trinajstić information content (AvgIpc) is 2.93. The van der Waals surface area contributed by atoms with Gasteiger partial charge in [0.1, 0.15) is 0 Å². The van der Waals surface area contributed by atoms with Gasteiger partial charge in [-0.05, 0) is 29.8 Å². The van der Waals surface area contributed by atoms with Crippen molar-refractivity contribution in [3.63, 3.8) is 0 Å². The van der Waals surface area contributed by atoms with Crippen molar-refractivity contribution in [1.29, 1.82) is 0 Å². The average molecular weight is 303 g/mol. The molecule has 3 aromatic rings. The fourth-order valence-corrected chi connectivity index (χ4v) is 2.24. The van der Waals surface area contributed by atoms with Crippen LogP contribution in [0.1, 0.15) is 5.56 Å². The minimum atomic E-state index is -0.434. The number of aromatic amines is 1. The Bertz CT molecular complexity index is 816. The number of fused-ring (bicyclic) bond motifs is 1. The highest BCUT2D eigenvalue weighted by atomic mass is 35.5. The summed E-state index contributed by atoms with van der Waals surface area (Å²) in [6.07, 6.45) is 1.75. The SMILES string of the molecule is O=[N+]([O-])c1ccc(Cl)c(CNc2ccc3cn[nH]c3c2)c1. The van der Waals surface area contributed by atoms with Crippen molar-refractivity contribution >= 4 is 33.9 Å². The van der Waals surface area contributed by atoms with Gasteiger partial charge in [0.2, 0.25) is 0 Å². The maximum Gasteiger partial charge on any atom is 0.269 e. The van der Waals surface area contributed by atoms with Crippen LogP contribution in [0, 0.1) is 10.1 Å². The number of non-ortho nitro benzene ring substituents is 1. The first kappa shape index (κ1) is 13.4. The Hall–Kier alpha value is -2.60. The molecule has 1 aromatic heterocycles. The molecule has 21 heavy (non-hydrogen) atoms. The fourth-order valence-electron chi connectivity index (χ4n) is 2.05. The van der Waals surface area contributed by atoms with Gasteiger partial charge in [-0.15, -0.1) is 0 Å². The van der Waals surface area contributed by atoms with Crippen LogP contribution in [0.4, 0.5) is 11.4 Å². The Balaban J connectivity index is 1.80. The smallest absolute Gasteiger partial charge is 0.269 e. The van der Waals surface area contributed by atoms with Crippen LogP contribution in [0.5, 0.6) is 0 Å². The lowest BCUT2D eigenvalue weighted by Crippen LogP contribution is -2.01. The third-order valence-corrected chi connectivity index (χ3v) is 3.53. The topological polar surface area (TPSA) is 83.8 Å². The molecule has 0 spiro atoms. The van der Waals surface area contributed by atoms with E-state index in [1.807, 2.05) is 18.2 Å². The number of nitro benzene ring substituents is 1. The highest BCUT2D eigenvalue weighted by Crippen LogP contribution is 2.24. The predicted molar refractivity (Wildman–Crippen MR) is 81.5 cm³/mol. The number of anilines is 1. The molecule has 2 aromatic carbocycles. The highest BCUT2D eigenvalue weighted by molar-refractivity contribution is 6.31. The molecule has 1 heterocycles. The normalized spacial score (nSPS) is 10.7. The minimum absolute atomic E-state index is 0.0280. The first-order valence-electron chi connectivity index (χ1n) is 6.23. The molecule has 0 saturated carbocycles. The van der Waals surface area contributed by atoms with Crippen LogP contribution in [-0.4, -0.2) is 15.1 Å². The van der Waals surface area contributed by atoms with Gasteiger partial charge in [0.05, 0.1) is 16.6 Å². The Labute approximate surface area is 124 Å². The summed E-state index contributed by atoms with van der Waals surface area (Å²) < 4.78 is 0. The lowest BCUT2D eigenvalue weighted by molar-refractivity contribution is -0.384. The number of rotatable bonds is 4. The Morgan fingerprint density at radius 1 is 1.29 bits per heavy atom. The summed E-state index contributed by atoms with van der Waals surface area (Å²) in [6.45, 7) is 0.403. The molecule has 0 fully saturated rings. The number of aromatic nitrogens is 2. The minimum Gasteiger partial charge on any atom is -0.381 e. The molecule has 0 aliphatic heterocycles. The zero-order valence-electron chi connectivity index (χ0n) is 10.8. The summed E-state index contributed by atoms with van der Waals surface area (Å²) in [4.78, 5) is 10.4. The molecular weight excluding hydrogens is 292 g/mol. The van der Waals surface area contributed by atoms with Crippen molar-refractivity contribution in [1.82, 2.24) is 10.2 Å². The summed E-state index contributed by atoms with van der Waals surface area (Å²) in [5, 5.41) is 22.3. The van der Waals surface area contributed by atoms with E-state index in [0.29, 0.717) is 17.1 Å². The van der Waals surface area contributed by atoms with Crippen molar-refractivity contribution in [2.24, 2.45) is 0 Å². The molecule has 7 heteroatoms. The zero-order chi connectivity index (χ0) is 14.8. The van der Waals surface area contributed by atoms with Gasteiger partial charge in [0, 0.05) is 34.8 Å². The Kier molecular flexibility index (Phi) is 3.45. The second kappa shape index (κ2) is 5.41. The standard InChI is InChI=1S/C14H11ClN4O2/c15-13-4-3-12(19(20)21)5-10(13)7-16-11-2-1-9-8-17-18-14(9)6-11/h1-6,8,16H,7H2,(H,17,18). The van der Waals surface area contributed by atoms with Crippen molar-refractivity contribution in [2.45, 2.75) is 6.54 Å². The molecule has 2 N–H and O–H groups in total. The molecule has 0 atom stereocenters. The molecule has 3 rings (SSSR count). The fraction of sp³-hybridized carbons (Fsp3) is 0.0714. The number of halogens is 1. The van der Waals surface area contributed by atoms with Gasteiger partial charge in [-0.25, -0.2) is 0 Å². The summed E-state index contributed by atoms with van der Waals surface area (Å²) in [5.41, 5.74) is 2.51. The van der Waals surface area contributed by atoms with Crippen LogP contribution in [0.3, 0.4) is 0 Å². The van der Waals surface area contributed by atoms with E-state index in [0.717, 1.165) is 16.6 Å². The number of hydrogen-bond donors (Lipinski definition) is 2. The molecular formula is C14H11ClN4O2. The molecule has 0 aliphatic rings. The van der Waals surface area contributed by atoms with Crippen LogP contribution in [0.2, 0.25) is 5.02 Å². The van der Waals surface area contributed by atoms with Crippen LogP contribution in [0.15, 0.2) is 42.6 Å². The van der Waals surface area contributed by atoms with E-state index in [4.69, 9.17) is 11.6 Å². The van der Waals surface area contributed by atoms with Crippen LogP contribution >= 0.6 is 11.6 Å². The third-order valence-electron chi connectivity index (χ3n) is 3.17. The van der Waals surface area contributed by atoms with Gasteiger partial charge >= 0.3 is 0 Å². The Morgan fingerprint density at radius 3 is 2.95 bits per heavy atom. The second-order valence-electron chi connectivity index (χ2n) is 4.56. The lowest BCUT2D eigenvalue weighted by atomic mass is 10.2. The van der Waals surface area contributed by atoms with Crippen molar-refractivity contribution < 1.29 is 4.92 Å². The number of hydrogen-bond acceptors (Lipinski definition) is 4. The summed E-state index contributed by atoms with van der Waals surface area (Å²) >= 11 is 6.07. The largest absolute Gasteiger partial charge is 0.381 e. The quantitative estimate of drug-likeness (QED) is 0.568. The zero-order valence-corrected chi connectivity index (χ0v) is 11.6. The first-order valence-corrected chi connectivity index (χ1v) is 6.61. The van der Waals surface area contributed by atoms with E-state index >= 15 is 0 Å². The molecule has 0 unspecified atom stereocenters. The second-order valence-corrected chi connectivity index (χ2v) is 4.97. The van der Waals surface area contributed by atoms with Gasteiger partial charge in [-0.2, -0.15) is 5.10 Å². The maximum absolute atomic E-state index is 10.8. The Morgan fingerprint density at radius 2 is 2.14 bits per heavy atom. The molecule has 0 saturated heterocycles. The van der Waals surface area contributed by atoms with Crippen LogP contribution in [0.25, 0.3) is 10.9 Å². The van der Waals surface area contributed by atoms with E-state index < -0.39 is 4.92 Å². The molecule has 0 radical (unpaired) electrons. The van der Waals surface area contributed by atoms with E-state index in [1.165, 1.54) is 18.2 Å². The number of nitro groups is 1. The molecule has 0 aliphatic carbocycles. The maximum atomic E-state index is 10.8. The van der Waals surface area contributed by atoms with Crippen molar-refractivity contribution in [3.05, 3.63) is 63.3 Å². The molecule has 6 nitrogen and oxygen atoms in total. The number of benzene rings is 2. The van der Waals surface area contributed by atoms with Gasteiger partial charge in [0.25, 0.3) is 5.69 Å². The number of nitrogens with one attached hydrogen (secondary N) is 2. The molecule has 106 valence electrons. The van der Waals surface area contributed by atoms with E-state index in [-0.39, 0.29) is 5.69 Å². The molecule has 0 bridgehead atoms. The van der Waals surface area contributed by atoms with Gasteiger partial charge in [-0.3, -0.25) is 15.2 Å². The number of H-pyrrole nitrogens is 1. The van der Waals surface area contributed by atoms with Crippen molar-refractivity contribution in [2.75, 3.05) is 5.32 Å². The number of nitrogens with zero attached hydrogens (tertiary/aromatic N) is 2. The third kappa shape index (κ3) is 2.80. The van der Waals surface area contributed by atoms with Gasteiger partial charge in [0.15, 0.2) is 0 Å². The predicted octanol–water partition coefficient (Wildman–Crippen LogP) is 3.74. The first-order chi connectivity index (χ1) is 10.1. The van der Waals surface area contributed by atoms with Crippen LogP contribution in [-0.2, 0) is 6.54 Å².